The summed E-state index contributed by atoms with van der Waals surface area (Å²) in [5.41, 5.74) is 5.69. The van der Waals surface area contributed by atoms with Gasteiger partial charge < -0.3 is 48.3 Å². The number of aliphatic hydroxyl groups is 1. The van der Waals surface area contributed by atoms with Crippen LogP contribution in [0.1, 0.15) is 53.1 Å². The predicted molar refractivity (Wildman–Crippen MR) is 222 cm³/mol. The highest BCUT2D eigenvalue weighted by Gasteiger charge is 2.63. The van der Waals surface area contributed by atoms with E-state index in [2.05, 4.69) is 35.7 Å². The number of rotatable bonds is 13. The summed E-state index contributed by atoms with van der Waals surface area (Å²) >= 11 is 1.42. The number of esters is 1. The molecule has 3 aromatic carbocycles. The highest BCUT2D eigenvalue weighted by molar-refractivity contribution is 8.02. The summed E-state index contributed by atoms with van der Waals surface area (Å²) in [4.78, 5) is 30.6. The van der Waals surface area contributed by atoms with Gasteiger partial charge in [-0.15, -0.1) is 11.8 Å². The standard InChI is InChI=1S/C46H47N3O11S/c1-24-14-26-15-32-34(17-47)49-33(39(48-32)37(26)42(40(24)55-5)58-22-54-4)16-46(52)38(43-41(59-23-60-43)25(2)44(46)50)35(49)18-56-45(51)36(57-21-53-3)20-61-19-31-29-12-8-6-10-27(29)28-11-7-9-13-30(28)31/h6-14,20,31-35,39,48,52H,15-16,18-19,21-23H2,1-5H3/b36-20-/t32-,33?,34-,35-,39+,46+/m0/s1. The molecule has 0 saturated carbocycles. The van der Waals surface area contributed by atoms with Crippen LogP contribution in [0.5, 0.6) is 11.5 Å². The predicted octanol–water partition coefficient (Wildman–Crippen LogP) is 5.29. The zero-order valence-electron chi connectivity index (χ0n) is 34.5. The van der Waals surface area contributed by atoms with Crippen LogP contribution < -0.4 is 14.8 Å². The lowest BCUT2D eigenvalue weighted by Crippen LogP contribution is -2.74. The minimum atomic E-state index is -2.10. The van der Waals surface area contributed by atoms with E-state index in [0.29, 0.717) is 23.7 Å². The average Bonchev–Trinajstić information content (AvgIpc) is 3.88. The molecular weight excluding hydrogens is 803 g/mol. The maximum Gasteiger partial charge on any atom is 0.374 e. The van der Waals surface area contributed by atoms with E-state index < -0.39 is 47.6 Å². The number of ketones is 1. The number of carbonyl (C=O) groups is 2. The third-order valence-electron chi connectivity index (χ3n) is 12.7. The lowest BCUT2D eigenvalue weighted by Gasteiger charge is -2.59. The van der Waals surface area contributed by atoms with Crippen LogP contribution in [0.3, 0.4) is 0 Å². The number of thioether (sulfide) groups is 1. The Kier molecular flexibility index (Phi) is 11.1. The highest BCUT2D eigenvalue weighted by Crippen LogP contribution is 2.55. The molecule has 0 radical (unpaired) electrons. The van der Waals surface area contributed by atoms with Crippen molar-refractivity contribution in [1.29, 1.82) is 5.26 Å². The number of benzene rings is 3. The maximum absolute atomic E-state index is 14.4. The van der Waals surface area contributed by atoms with Gasteiger partial charge in [-0.3, -0.25) is 9.69 Å². The van der Waals surface area contributed by atoms with Gasteiger partial charge in [-0.2, -0.15) is 5.26 Å². The van der Waals surface area contributed by atoms with Gasteiger partial charge in [0.05, 0.1) is 25.3 Å². The molecule has 2 bridgehead atoms. The van der Waals surface area contributed by atoms with Crippen LogP contribution in [0.25, 0.3) is 11.1 Å². The van der Waals surface area contributed by atoms with Crippen LogP contribution in [0.4, 0.5) is 0 Å². The van der Waals surface area contributed by atoms with Gasteiger partial charge in [0.1, 0.15) is 12.6 Å². The van der Waals surface area contributed by atoms with Crippen molar-refractivity contribution in [2.75, 3.05) is 54.1 Å². The molecule has 14 nitrogen and oxygen atoms in total. The van der Waals surface area contributed by atoms with E-state index in [4.69, 9.17) is 37.9 Å². The summed E-state index contributed by atoms with van der Waals surface area (Å²) in [6, 6.07) is 17.8. The van der Waals surface area contributed by atoms with Gasteiger partial charge in [0.2, 0.25) is 12.6 Å². The molecule has 4 aliphatic heterocycles. The Hall–Kier alpha value is -5.34. The summed E-state index contributed by atoms with van der Waals surface area (Å²) < 4.78 is 46.4. The SMILES string of the molecule is COCO/C(=C\SCC1c2ccccc2-c2ccccc21)C(=O)OC[C@H]1C2=C3OCOC3=C(C)C(=O)[C@@]2(O)CC2[C@H]3N[C@@H](Cc4cc(C)c(OC)c(OCOC)c43)[C@H](C#N)N21. The number of nitriles is 1. The molecule has 15 heteroatoms. The molecule has 1 unspecified atom stereocenters. The second-order valence-electron chi connectivity index (χ2n) is 15.9. The van der Waals surface area contributed by atoms with Crippen molar-refractivity contribution in [3.63, 3.8) is 0 Å². The van der Waals surface area contributed by atoms with E-state index in [1.54, 1.807) is 19.4 Å². The number of nitrogens with zero attached hydrogens (tertiary/aromatic N) is 2. The number of methoxy groups -OCH3 is 3. The van der Waals surface area contributed by atoms with Gasteiger partial charge in [0, 0.05) is 66.5 Å². The van der Waals surface area contributed by atoms with Crippen LogP contribution in [-0.4, -0.2) is 106 Å². The largest absolute Gasteiger partial charge is 0.493 e. The lowest BCUT2D eigenvalue weighted by molar-refractivity contribution is -0.153. The Labute approximate surface area is 358 Å². The number of hydrogen-bond acceptors (Lipinski definition) is 15. The minimum absolute atomic E-state index is 0.0561. The first-order valence-electron chi connectivity index (χ1n) is 20.2. The Morgan fingerprint density at radius 3 is 2.41 bits per heavy atom. The summed E-state index contributed by atoms with van der Waals surface area (Å²) in [6.45, 7) is 2.73. The Morgan fingerprint density at radius 2 is 1.72 bits per heavy atom. The summed E-state index contributed by atoms with van der Waals surface area (Å²) in [5, 5.41) is 29.1. The number of ether oxygens (including phenoxy) is 8. The summed E-state index contributed by atoms with van der Waals surface area (Å²) in [6.07, 6.45) is 0.342. The molecule has 9 rings (SSSR count). The van der Waals surface area contributed by atoms with E-state index in [-0.39, 0.29) is 67.7 Å². The average molecular weight is 850 g/mol. The number of Topliss-reactive ketones (excluding diaryl/α,β-unsaturated/α-hetero) is 1. The first-order chi connectivity index (χ1) is 29.6. The summed E-state index contributed by atoms with van der Waals surface area (Å²) in [7, 11) is 4.56. The Morgan fingerprint density at radius 1 is 1.02 bits per heavy atom. The molecule has 3 fully saturated rings. The van der Waals surface area contributed by atoms with E-state index in [0.717, 1.165) is 16.7 Å². The van der Waals surface area contributed by atoms with Crippen molar-refractivity contribution in [2.45, 2.75) is 68.4 Å². The molecular formula is C46H47N3O11S. The molecule has 0 aromatic heterocycles. The van der Waals surface area contributed by atoms with Gasteiger partial charge >= 0.3 is 5.97 Å². The number of piperazine rings is 1. The zero-order valence-corrected chi connectivity index (χ0v) is 35.3. The van der Waals surface area contributed by atoms with Gasteiger partial charge in [-0.1, -0.05) is 54.6 Å². The van der Waals surface area contributed by atoms with E-state index in [1.165, 1.54) is 48.2 Å². The fraction of sp³-hybridized carbons (Fsp3) is 0.413. The van der Waals surface area contributed by atoms with Crippen LogP contribution in [-0.2, 0) is 44.4 Å². The second kappa shape index (κ2) is 16.5. The lowest BCUT2D eigenvalue weighted by atomic mass is 9.65. The molecule has 2 aliphatic carbocycles. The number of fused-ring (bicyclic) bond motifs is 11. The molecule has 3 saturated heterocycles. The Balaban J connectivity index is 1.07. The molecule has 2 N–H and O–H groups in total. The van der Waals surface area contributed by atoms with E-state index in [9.17, 15) is 20.0 Å². The third-order valence-corrected chi connectivity index (χ3v) is 13.6. The van der Waals surface area contributed by atoms with Gasteiger partial charge in [-0.05, 0) is 53.6 Å². The van der Waals surface area contributed by atoms with Crippen molar-refractivity contribution in [2.24, 2.45) is 0 Å². The fourth-order valence-electron chi connectivity index (χ4n) is 10.3. The number of piperidine rings is 1. The van der Waals surface area contributed by atoms with Crippen molar-refractivity contribution in [1.82, 2.24) is 10.2 Å². The van der Waals surface area contributed by atoms with Crippen molar-refractivity contribution in [3.05, 3.63) is 116 Å². The van der Waals surface area contributed by atoms with Crippen LogP contribution >= 0.6 is 11.8 Å². The Bertz CT molecular complexity index is 2380. The minimum Gasteiger partial charge on any atom is -0.493 e. The van der Waals surface area contributed by atoms with Crippen molar-refractivity contribution >= 4 is 23.5 Å². The smallest absolute Gasteiger partial charge is 0.374 e. The monoisotopic (exact) mass is 849 g/mol. The first-order valence-corrected chi connectivity index (χ1v) is 21.2. The van der Waals surface area contributed by atoms with Gasteiger partial charge in [0.15, 0.2) is 48.0 Å². The molecule has 318 valence electrons. The van der Waals surface area contributed by atoms with Crippen LogP contribution in [0.15, 0.2) is 88.4 Å². The van der Waals surface area contributed by atoms with Gasteiger partial charge in [0.25, 0.3) is 0 Å². The molecule has 3 aromatic rings. The number of carbonyl (C=O) groups excluding carboxylic acids is 2. The fourth-order valence-corrected chi connectivity index (χ4v) is 11.2. The third kappa shape index (κ3) is 6.68. The molecule has 6 aliphatic rings. The normalized spacial score (nSPS) is 26.1. The number of aryl methyl sites for hydroxylation is 1. The molecule has 4 heterocycles. The topological polar surface area (TPSA) is 167 Å². The highest BCUT2D eigenvalue weighted by atomic mass is 32.2. The van der Waals surface area contributed by atoms with Crippen molar-refractivity contribution in [3.8, 4) is 28.7 Å². The van der Waals surface area contributed by atoms with E-state index >= 15 is 0 Å². The first kappa shape index (κ1) is 41.0. The van der Waals surface area contributed by atoms with Crippen LogP contribution in [0, 0.1) is 18.3 Å². The molecule has 0 spiro atoms. The van der Waals surface area contributed by atoms with Gasteiger partial charge in [-0.25, -0.2) is 4.79 Å². The quantitative estimate of drug-likeness (QED) is 0.0986. The molecule has 0 amide bonds. The van der Waals surface area contributed by atoms with Crippen molar-refractivity contribution < 1.29 is 52.6 Å². The van der Waals surface area contributed by atoms with E-state index in [1.807, 2.05) is 42.2 Å². The summed E-state index contributed by atoms with van der Waals surface area (Å²) in [5.74, 6) is 0.726. The number of hydrogen-bond donors (Lipinski definition) is 2. The molecule has 6 atom stereocenters. The molecule has 61 heavy (non-hydrogen) atoms. The zero-order chi connectivity index (χ0) is 42.6. The number of nitrogens with one attached hydrogen (secondary N) is 1. The van der Waals surface area contributed by atoms with Crippen LogP contribution in [0.2, 0.25) is 0 Å². The maximum atomic E-state index is 14.4. The second-order valence-corrected chi connectivity index (χ2v) is 16.8.